The van der Waals surface area contributed by atoms with Crippen molar-refractivity contribution in [1.82, 2.24) is 0 Å². The number of carbonyl (C=O) groups excluding carboxylic acids is 1. The zero-order valence-corrected chi connectivity index (χ0v) is 15.5. The molecular formula is C19H14BrF3O4. The van der Waals surface area contributed by atoms with Crippen molar-refractivity contribution in [3.63, 3.8) is 0 Å². The Morgan fingerprint density at radius 3 is 2.59 bits per heavy atom. The molecule has 3 rings (SSSR count). The fourth-order valence-electron chi connectivity index (χ4n) is 2.68. The highest BCUT2D eigenvalue weighted by Gasteiger charge is 2.35. The minimum Gasteiger partial charge on any atom is -0.508 e. The molecule has 0 aliphatic carbocycles. The fraction of sp³-hybridized carbons (Fsp3) is 0.211. The lowest BCUT2D eigenvalue weighted by molar-refractivity contribution is -0.138. The summed E-state index contributed by atoms with van der Waals surface area (Å²) in [5.41, 5.74) is -2.42. The largest absolute Gasteiger partial charge is 0.508 e. The Balaban J connectivity index is 2.39. The summed E-state index contributed by atoms with van der Waals surface area (Å²) in [5.74, 6) is -2.23. The number of furan rings is 1. The zero-order valence-electron chi connectivity index (χ0n) is 17.0. The number of carbonyl (C=O) groups is 1. The third-order valence-corrected chi connectivity index (χ3v) is 4.82. The molecule has 142 valence electrons. The average molecular weight is 446 g/mol. The van der Waals surface area contributed by atoms with E-state index >= 15 is 0 Å². The van der Waals surface area contributed by atoms with Crippen LogP contribution < -0.4 is 0 Å². The maximum Gasteiger partial charge on any atom is 0.416 e. The highest BCUT2D eigenvalue weighted by Crippen LogP contribution is 2.38. The van der Waals surface area contributed by atoms with E-state index in [0.29, 0.717) is 6.07 Å². The van der Waals surface area contributed by atoms with Crippen LogP contribution in [-0.4, -0.2) is 16.0 Å². The molecule has 1 heterocycles. The van der Waals surface area contributed by atoms with E-state index in [2.05, 4.69) is 15.9 Å². The Bertz CT molecular complexity index is 1200. The van der Waals surface area contributed by atoms with Crippen LogP contribution in [0.5, 0.6) is 5.75 Å². The maximum atomic E-state index is 13.4. The van der Waals surface area contributed by atoms with Crippen LogP contribution in [0.4, 0.5) is 13.2 Å². The first kappa shape index (κ1) is 15.7. The first-order valence-electron chi connectivity index (χ1n) is 9.12. The van der Waals surface area contributed by atoms with Crippen LogP contribution in [0.25, 0.3) is 11.0 Å². The molecule has 1 aromatic heterocycles. The number of halogens is 4. The molecule has 27 heavy (non-hydrogen) atoms. The van der Waals surface area contributed by atoms with Gasteiger partial charge < -0.3 is 14.6 Å². The van der Waals surface area contributed by atoms with Gasteiger partial charge in [-0.3, -0.25) is 4.79 Å². The fourth-order valence-corrected chi connectivity index (χ4v) is 3.15. The lowest BCUT2D eigenvalue weighted by Crippen LogP contribution is -2.12. The second kappa shape index (κ2) is 6.69. The van der Waals surface area contributed by atoms with Crippen molar-refractivity contribution >= 4 is 32.7 Å². The molecule has 0 fully saturated rings. The standard InChI is InChI=1S/C19H14BrF3O4/c1-8-13(19(21,22)23)5-10(6-14(8)20)17(26)16-12-4-3-11(25)7-15(12)27-18(16)9(2)24/h3-7,9,24-25H,1-2H3/i3D,4D,7D. The van der Waals surface area contributed by atoms with Crippen LogP contribution >= 0.6 is 15.9 Å². The summed E-state index contributed by atoms with van der Waals surface area (Å²) in [6.07, 6.45) is -6.15. The molecule has 0 amide bonds. The monoisotopic (exact) mass is 445 g/mol. The van der Waals surface area contributed by atoms with E-state index in [1.807, 2.05) is 0 Å². The van der Waals surface area contributed by atoms with Crippen molar-refractivity contribution in [1.29, 1.82) is 0 Å². The summed E-state index contributed by atoms with van der Waals surface area (Å²) in [5, 5.41) is 19.5. The molecule has 0 aliphatic heterocycles. The third-order valence-electron chi connectivity index (χ3n) is 3.99. The molecule has 0 aliphatic rings. The zero-order chi connectivity index (χ0) is 22.7. The van der Waals surface area contributed by atoms with Gasteiger partial charge in [0.15, 0.2) is 5.78 Å². The SMILES string of the molecule is [2H]c1c(O)c([2H])c2oc(C(C)O)c(C(=O)c3cc(Br)c(C)c(C(F)(F)F)c3)c2c1[2H]. The summed E-state index contributed by atoms with van der Waals surface area (Å²) in [4.78, 5) is 13.2. The van der Waals surface area contributed by atoms with Gasteiger partial charge in [-0.2, -0.15) is 13.2 Å². The predicted octanol–water partition coefficient (Wildman–Crippen LogP) is 5.51. The first-order valence-corrected chi connectivity index (χ1v) is 8.41. The molecular weight excluding hydrogens is 429 g/mol. The Morgan fingerprint density at radius 1 is 1.33 bits per heavy atom. The summed E-state index contributed by atoms with van der Waals surface area (Å²) in [6.45, 7) is 2.47. The molecule has 3 aromatic rings. The number of aliphatic hydroxyl groups excluding tert-OH is 1. The van der Waals surface area contributed by atoms with Crippen molar-refractivity contribution < 1.29 is 36.7 Å². The van der Waals surface area contributed by atoms with Gasteiger partial charge in [0.25, 0.3) is 0 Å². The summed E-state index contributed by atoms with van der Waals surface area (Å²) in [7, 11) is 0. The first-order chi connectivity index (χ1) is 13.8. The molecule has 0 radical (unpaired) electrons. The Morgan fingerprint density at radius 2 is 2.00 bits per heavy atom. The van der Waals surface area contributed by atoms with E-state index in [1.54, 1.807) is 0 Å². The van der Waals surface area contributed by atoms with Crippen LogP contribution in [0, 0.1) is 6.92 Å². The Hall–Kier alpha value is -2.32. The van der Waals surface area contributed by atoms with E-state index < -0.39 is 64.2 Å². The second-order valence-electron chi connectivity index (χ2n) is 5.90. The van der Waals surface area contributed by atoms with Crippen molar-refractivity contribution in [3.8, 4) is 5.75 Å². The molecule has 2 N–H and O–H groups in total. The predicted molar refractivity (Wildman–Crippen MR) is 95.8 cm³/mol. The van der Waals surface area contributed by atoms with E-state index in [9.17, 15) is 28.2 Å². The summed E-state index contributed by atoms with van der Waals surface area (Å²) in [6, 6.07) is -0.251. The molecule has 0 saturated heterocycles. The van der Waals surface area contributed by atoms with E-state index in [0.717, 1.165) is 0 Å². The quantitative estimate of drug-likeness (QED) is 0.521. The Kier molecular flexibility index (Phi) is 3.89. The number of benzene rings is 2. The van der Waals surface area contributed by atoms with Gasteiger partial charge in [-0.05, 0) is 43.6 Å². The number of alkyl halides is 3. The van der Waals surface area contributed by atoms with Gasteiger partial charge in [-0.25, -0.2) is 0 Å². The van der Waals surface area contributed by atoms with Crippen LogP contribution in [0.15, 0.2) is 39.1 Å². The molecule has 4 nitrogen and oxygen atoms in total. The van der Waals surface area contributed by atoms with Gasteiger partial charge in [0.2, 0.25) is 0 Å². The van der Waals surface area contributed by atoms with Gasteiger partial charge in [0.1, 0.15) is 23.2 Å². The molecule has 0 bridgehead atoms. The molecule has 2 aromatic carbocycles. The molecule has 8 heteroatoms. The Labute approximate surface area is 164 Å². The van der Waals surface area contributed by atoms with Crippen LogP contribution in [0.2, 0.25) is 0 Å². The molecule has 1 atom stereocenters. The number of ketones is 1. The van der Waals surface area contributed by atoms with Gasteiger partial charge in [-0.1, -0.05) is 15.9 Å². The highest BCUT2D eigenvalue weighted by atomic mass is 79.9. The smallest absolute Gasteiger partial charge is 0.416 e. The normalized spacial score (nSPS) is 14.7. The number of hydrogen-bond acceptors (Lipinski definition) is 4. The van der Waals surface area contributed by atoms with E-state index in [4.69, 9.17) is 8.53 Å². The van der Waals surface area contributed by atoms with Crippen LogP contribution in [0.3, 0.4) is 0 Å². The van der Waals surface area contributed by atoms with Crippen molar-refractivity contribution in [2.75, 3.05) is 0 Å². The number of phenolic OH excluding ortho intramolecular Hbond substituents is 1. The van der Waals surface area contributed by atoms with Gasteiger partial charge >= 0.3 is 6.18 Å². The van der Waals surface area contributed by atoms with Crippen LogP contribution in [-0.2, 0) is 6.18 Å². The van der Waals surface area contributed by atoms with E-state index in [1.165, 1.54) is 19.9 Å². The van der Waals surface area contributed by atoms with Crippen LogP contribution in [0.1, 0.15) is 49.9 Å². The third kappa shape index (κ3) is 3.46. The lowest BCUT2D eigenvalue weighted by Gasteiger charge is -2.14. The summed E-state index contributed by atoms with van der Waals surface area (Å²) >= 11 is 3.01. The number of aromatic hydroxyl groups is 1. The molecule has 0 saturated carbocycles. The number of hydrogen-bond donors (Lipinski definition) is 2. The number of aliphatic hydroxyl groups is 1. The minimum atomic E-state index is -4.73. The topological polar surface area (TPSA) is 70.7 Å². The lowest BCUT2D eigenvalue weighted by atomic mass is 9.95. The van der Waals surface area contributed by atoms with E-state index in [-0.39, 0.29) is 21.2 Å². The van der Waals surface area contributed by atoms with Gasteiger partial charge in [0, 0.05) is 21.5 Å². The number of rotatable bonds is 3. The average Bonchev–Trinajstić information content (AvgIpc) is 3.06. The van der Waals surface area contributed by atoms with Crippen molar-refractivity contribution in [3.05, 3.63) is 62.7 Å². The molecule has 1 unspecified atom stereocenters. The number of phenols is 1. The van der Waals surface area contributed by atoms with Crippen molar-refractivity contribution in [2.24, 2.45) is 0 Å². The van der Waals surface area contributed by atoms with Gasteiger partial charge in [0.05, 0.1) is 15.2 Å². The number of fused-ring (bicyclic) bond motifs is 1. The maximum absolute atomic E-state index is 13.4. The second-order valence-corrected chi connectivity index (χ2v) is 6.76. The van der Waals surface area contributed by atoms with Gasteiger partial charge in [-0.15, -0.1) is 0 Å². The van der Waals surface area contributed by atoms with Crippen molar-refractivity contribution in [2.45, 2.75) is 26.1 Å². The summed E-state index contributed by atoms with van der Waals surface area (Å²) < 4.78 is 69.3. The minimum absolute atomic E-state index is 0.0261. The highest BCUT2D eigenvalue weighted by molar-refractivity contribution is 9.10. The molecule has 0 spiro atoms.